The second kappa shape index (κ2) is 6.35. The minimum atomic E-state index is -4.38. The van der Waals surface area contributed by atoms with Crippen molar-refractivity contribution in [2.45, 2.75) is 12.7 Å². The van der Waals surface area contributed by atoms with Crippen molar-refractivity contribution in [3.63, 3.8) is 0 Å². The van der Waals surface area contributed by atoms with Gasteiger partial charge in [0.25, 0.3) is 5.69 Å². The number of nitro groups is 1. The molecule has 2 aromatic carbocycles. The van der Waals surface area contributed by atoms with Crippen molar-refractivity contribution < 1.29 is 18.1 Å². The van der Waals surface area contributed by atoms with Crippen molar-refractivity contribution in [3.05, 3.63) is 68.2 Å². The standard InChI is InChI=1S/C14H10BrF3N2O2/c15-11-5-6-12(13(7-11)20(21)22)19-8-9-1-3-10(4-2-9)14(16,17)18/h1-7,19H,8H2. The largest absolute Gasteiger partial charge is 0.416 e. The van der Waals surface area contributed by atoms with Crippen LogP contribution in [0.2, 0.25) is 0 Å². The summed E-state index contributed by atoms with van der Waals surface area (Å²) in [6.07, 6.45) is -4.38. The lowest BCUT2D eigenvalue weighted by atomic mass is 10.1. The van der Waals surface area contributed by atoms with Gasteiger partial charge in [-0.1, -0.05) is 28.1 Å². The van der Waals surface area contributed by atoms with Crippen molar-refractivity contribution in [2.75, 3.05) is 5.32 Å². The van der Waals surface area contributed by atoms with Crippen LogP contribution in [0.25, 0.3) is 0 Å². The van der Waals surface area contributed by atoms with Crippen molar-refractivity contribution in [2.24, 2.45) is 0 Å². The van der Waals surface area contributed by atoms with Gasteiger partial charge in [-0.15, -0.1) is 0 Å². The van der Waals surface area contributed by atoms with Crippen LogP contribution in [0.5, 0.6) is 0 Å². The molecule has 0 saturated heterocycles. The van der Waals surface area contributed by atoms with E-state index in [2.05, 4.69) is 21.2 Å². The van der Waals surface area contributed by atoms with Crippen LogP contribution in [0.1, 0.15) is 11.1 Å². The maximum absolute atomic E-state index is 12.5. The molecule has 0 aliphatic heterocycles. The lowest BCUT2D eigenvalue weighted by Gasteiger charge is -2.10. The van der Waals surface area contributed by atoms with E-state index in [9.17, 15) is 23.3 Å². The fraction of sp³-hybridized carbons (Fsp3) is 0.143. The monoisotopic (exact) mass is 374 g/mol. The van der Waals surface area contributed by atoms with Crippen LogP contribution in [0.15, 0.2) is 46.9 Å². The average molecular weight is 375 g/mol. The number of rotatable bonds is 4. The first kappa shape index (κ1) is 16.3. The van der Waals surface area contributed by atoms with Crippen LogP contribution < -0.4 is 5.32 Å². The summed E-state index contributed by atoms with van der Waals surface area (Å²) in [5.41, 5.74) is 0.0467. The van der Waals surface area contributed by atoms with Gasteiger partial charge >= 0.3 is 6.18 Å². The fourth-order valence-electron chi connectivity index (χ4n) is 1.81. The van der Waals surface area contributed by atoms with Gasteiger partial charge in [0.15, 0.2) is 0 Å². The average Bonchev–Trinajstić information content (AvgIpc) is 2.45. The molecule has 0 aliphatic rings. The molecule has 0 unspecified atom stereocenters. The van der Waals surface area contributed by atoms with E-state index in [1.807, 2.05) is 0 Å². The van der Waals surface area contributed by atoms with E-state index in [1.54, 1.807) is 6.07 Å². The number of hydrogen-bond acceptors (Lipinski definition) is 3. The summed E-state index contributed by atoms with van der Waals surface area (Å²) in [4.78, 5) is 10.4. The van der Waals surface area contributed by atoms with Crippen LogP contribution in [-0.2, 0) is 12.7 Å². The van der Waals surface area contributed by atoms with Crippen molar-refractivity contribution in [1.82, 2.24) is 0 Å². The van der Waals surface area contributed by atoms with Gasteiger partial charge in [0, 0.05) is 17.1 Å². The Labute approximate surface area is 132 Å². The molecular formula is C14H10BrF3N2O2. The molecule has 116 valence electrons. The molecule has 0 heterocycles. The zero-order valence-electron chi connectivity index (χ0n) is 11.0. The summed E-state index contributed by atoms with van der Waals surface area (Å²) in [5.74, 6) is 0. The minimum absolute atomic E-state index is 0.110. The predicted molar refractivity (Wildman–Crippen MR) is 79.6 cm³/mol. The third kappa shape index (κ3) is 3.97. The summed E-state index contributed by atoms with van der Waals surface area (Å²) < 4.78 is 37.9. The number of benzene rings is 2. The van der Waals surface area contributed by atoms with Gasteiger partial charge in [0.1, 0.15) is 5.69 Å². The number of halogens is 4. The molecule has 2 rings (SSSR count). The zero-order valence-corrected chi connectivity index (χ0v) is 12.6. The van der Waals surface area contributed by atoms with Crippen LogP contribution >= 0.6 is 15.9 Å². The first-order valence-corrected chi connectivity index (χ1v) is 6.90. The highest BCUT2D eigenvalue weighted by Crippen LogP contribution is 2.30. The van der Waals surface area contributed by atoms with E-state index < -0.39 is 16.7 Å². The van der Waals surface area contributed by atoms with E-state index >= 15 is 0 Å². The molecule has 22 heavy (non-hydrogen) atoms. The Bertz CT molecular complexity index is 687. The molecule has 0 atom stereocenters. The smallest absolute Gasteiger partial charge is 0.375 e. The third-order valence-corrected chi connectivity index (χ3v) is 3.41. The van der Waals surface area contributed by atoms with Crippen LogP contribution in [0.3, 0.4) is 0 Å². The maximum atomic E-state index is 12.5. The van der Waals surface area contributed by atoms with Gasteiger partial charge in [0.2, 0.25) is 0 Å². The van der Waals surface area contributed by atoms with E-state index in [0.29, 0.717) is 15.7 Å². The Kier molecular flexibility index (Phi) is 4.70. The van der Waals surface area contributed by atoms with Crippen LogP contribution in [-0.4, -0.2) is 4.92 Å². The van der Waals surface area contributed by atoms with Gasteiger partial charge in [0.05, 0.1) is 10.5 Å². The SMILES string of the molecule is O=[N+]([O-])c1cc(Br)ccc1NCc1ccc(C(F)(F)F)cc1. The molecule has 0 spiro atoms. The van der Waals surface area contributed by atoms with Gasteiger partial charge in [-0.25, -0.2) is 0 Å². The highest BCUT2D eigenvalue weighted by Gasteiger charge is 2.29. The molecule has 0 bridgehead atoms. The quantitative estimate of drug-likeness (QED) is 0.605. The Balaban J connectivity index is 2.12. The van der Waals surface area contributed by atoms with Gasteiger partial charge in [-0.05, 0) is 29.8 Å². The van der Waals surface area contributed by atoms with Crippen LogP contribution in [0.4, 0.5) is 24.5 Å². The van der Waals surface area contributed by atoms with E-state index in [1.165, 1.54) is 24.3 Å². The molecule has 0 saturated carbocycles. The Morgan fingerprint density at radius 2 is 1.77 bits per heavy atom. The maximum Gasteiger partial charge on any atom is 0.416 e. The summed E-state index contributed by atoms with van der Waals surface area (Å²) in [6.45, 7) is 0.181. The van der Waals surface area contributed by atoms with Crippen molar-refractivity contribution in [1.29, 1.82) is 0 Å². The van der Waals surface area contributed by atoms with E-state index in [-0.39, 0.29) is 12.2 Å². The third-order valence-electron chi connectivity index (χ3n) is 2.92. The van der Waals surface area contributed by atoms with Crippen LogP contribution in [0, 0.1) is 10.1 Å². The lowest BCUT2D eigenvalue weighted by molar-refractivity contribution is -0.384. The van der Waals surface area contributed by atoms with Crippen molar-refractivity contribution >= 4 is 27.3 Å². The Hall–Kier alpha value is -2.09. The highest BCUT2D eigenvalue weighted by atomic mass is 79.9. The first-order valence-electron chi connectivity index (χ1n) is 6.11. The molecule has 8 heteroatoms. The zero-order chi connectivity index (χ0) is 16.3. The fourth-order valence-corrected chi connectivity index (χ4v) is 2.16. The topological polar surface area (TPSA) is 55.2 Å². The van der Waals surface area contributed by atoms with E-state index in [0.717, 1.165) is 12.1 Å². The number of nitrogens with one attached hydrogen (secondary N) is 1. The number of nitro benzene ring substituents is 1. The summed E-state index contributed by atoms with van der Waals surface area (Å²) >= 11 is 3.15. The molecule has 4 nitrogen and oxygen atoms in total. The van der Waals surface area contributed by atoms with Gasteiger partial charge < -0.3 is 5.32 Å². The normalized spacial score (nSPS) is 11.3. The molecular weight excluding hydrogens is 365 g/mol. The second-order valence-electron chi connectivity index (χ2n) is 4.47. The van der Waals surface area contributed by atoms with Gasteiger partial charge in [-0.2, -0.15) is 13.2 Å². The molecule has 0 fully saturated rings. The Morgan fingerprint density at radius 1 is 1.14 bits per heavy atom. The number of hydrogen-bond donors (Lipinski definition) is 1. The molecule has 0 radical (unpaired) electrons. The van der Waals surface area contributed by atoms with E-state index in [4.69, 9.17) is 0 Å². The Morgan fingerprint density at radius 3 is 2.32 bits per heavy atom. The molecule has 0 amide bonds. The minimum Gasteiger partial charge on any atom is -0.375 e. The molecule has 0 aliphatic carbocycles. The van der Waals surface area contributed by atoms with Gasteiger partial charge in [-0.3, -0.25) is 10.1 Å². The predicted octanol–water partition coefficient (Wildman–Crippen LogP) is 4.99. The first-order chi connectivity index (χ1) is 10.3. The number of alkyl halides is 3. The molecule has 0 aromatic heterocycles. The molecule has 1 N–H and O–H groups in total. The second-order valence-corrected chi connectivity index (χ2v) is 5.38. The van der Waals surface area contributed by atoms with Crippen molar-refractivity contribution in [3.8, 4) is 0 Å². The summed E-state index contributed by atoms with van der Waals surface area (Å²) in [7, 11) is 0. The highest BCUT2D eigenvalue weighted by molar-refractivity contribution is 9.10. The summed E-state index contributed by atoms with van der Waals surface area (Å²) in [5, 5.41) is 13.8. The molecule has 2 aromatic rings. The summed E-state index contributed by atoms with van der Waals surface area (Å²) in [6, 6.07) is 9.16. The number of nitrogens with zero attached hydrogens (tertiary/aromatic N) is 1. The number of anilines is 1. The lowest BCUT2D eigenvalue weighted by Crippen LogP contribution is -2.06.